The Morgan fingerprint density at radius 3 is 2.96 bits per heavy atom. The minimum Gasteiger partial charge on any atom is -0.493 e. The monoisotopic (exact) mass is 337 g/mol. The van der Waals surface area contributed by atoms with Crippen molar-refractivity contribution in [3.8, 4) is 5.75 Å². The smallest absolute Gasteiger partial charge is 0.119 e. The second-order valence-electron chi connectivity index (χ2n) is 8.89. The van der Waals surface area contributed by atoms with Crippen LogP contribution in [0, 0.1) is 11.8 Å². The fourth-order valence-electron chi connectivity index (χ4n) is 6.04. The summed E-state index contributed by atoms with van der Waals surface area (Å²) >= 11 is 0. The lowest BCUT2D eigenvalue weighted by atomic mass is 9.52. The van der Waals surface area contributed by atoms with Crippen LogP contribution in [0.1, 0.15) is 56.1 Å². The van der Waals surface area contributed by atoms with Gasteiger partial charge in [-0.2, -0.15) is 0 Å². The van der Waals surface area contributed by atoms with Gasteiger partial charge >= 0.3 is 0 Å². The summed E-state index contributed by atoms with van der Waals surface area (Å²) in [5.74, 6) is 2.78. The van der Waals surface area contributed by atoms with Gasteiger partial charge in [0.15, 0.2) is 0 Å². The average molecular weight is 338 g/mol. The number of ether oxygens (including phenoxy) is 1. The molecule has 3 fully saturated rings. The lowest BCUT2D eigenvalue weighted by Crippen LogP contribution is -2.60. The summed E-state index contributed by atoms with van der Waals surface area (Å²) in [6.45, 7) is 7.21. The van der Waals surface area contributed by atoms with E-state index in [1.807, 2.05) is 0 Å². The van der Waals surface area contributed by atoms with Crippen molar-refractivity contribution in [3.05, 3.63) is 42.0 Å². The Bertz CT molecular complexity index is 664. The van der Waals surface area contributed by atoms with Gasteiger partial charge < -0.3 is 4.74 Å². The molecule has 134 valence electrons. The fraction of sp³-hybridized carbons (Fsp3) is 0.652. The van der Waals surface area contributed by atoms with E-state index in [1.54, 1.807) is 11.1 Å². The van der Waals surface area contributed by atoms with E-state index in [0.717, 1.165) is 36.8 Å². The molecule has 0 amide bonds. The Labute approximate surface area is 152 Å². The molecule has 1 heterocycles. The van der Waals surface area contributed by atoms with E-state index in [-0.39, 0.29) is 0 Å². The van der Waals surface area contributed by atoms with Crippen LogP contribution in [0.15, 0.2) is 30.9 Å². The zero-order valence-electron chi connectivity index (χ0n) is 15.4. The lowest BCUT2D eigenvalue weighted by molar-refractivity contribution is -0.00520. The van der Waals surface area contributed by atoms with Crippen molar-refractivity contribution in [2.45, 2.75) is 62.8 Å². The van der Waals surface area contributed by atoms with Crippen molar-refractivity contribution in [3.63, 3.8) is 0 Å². The van der Waals surface area contributed by atoms with E-state index in [4.69, 9.17) is 4.74 Å². The number of hydrogen-bond donors (Lipinski definition) is 0. The highest BCUT2D eigenvalue weighted by Crippen LogP contribution is 2.56. The van der Waals surface area contributed by atoms with Crippen molar-refractivity contribution < 1.29 is 4.74 Å². The van der Waals surface area contributed by atoms with Gasteiger partial charge in [0.25, 0.3) is 0 Å². The van der Waals surface area contributed by atoms with Crippen LogP contribution < -0.4 is 4.74 Å². The third kappa shape index (κ3) is 2.65. The van der Waals surface area contributed by atoms with E-state index in [2.05, 4.69) is 35.8 Å². The van der Waals surface area contributed by atoms with Gasteiger partial charge in [-0.15, -0.1) is 6.58 Å². The number of nitrogens with zero attached hydrogens (tertiary/aromatic N) is 1. The maximum atomic E-state index is 6.15. The fourth-order valence-corrected chi connectivity index (χ4v) is 6.04. The van der Waals surface area contributed by atoms with Gasteiger partial charge in [0.1, 0.15) is 5.75 Å². The van der Waals surface area contributed by atoms with Gasteiger partial charge in [-0.3, -0.25) is 4.90 Å². The molecular formula is C23H31NO. The first-order valence-corrected chi connectivity index (χ1v) is 10.4. The van der Waals surface area contributed by atoms with Crippen LogP contribution >= 0.6 is 0 Å². The Hall–Kier alpha value is -1.28. The molecule has 1 aliphatic heterocycles. The third-order valence-corrected chi connectivity index (χ3v) is 7.47. The maximum Gasteiger partial charge on any atom is 0.119 e. The van der Waals surface area contributed by atoms with Gasteiger partial charge in [-0.05, 0) is 80.2 Å². The molecule has 0 spiro atoms. The molecule has 1 aromatic carbocycles. The topological polar surface area (TPSA) is 12.5 Å². The molecule has 0 radical (unpaired) electrons. The second-order valence-corrected chi connectivity index (χ2v) is 8.89. The minimum absolute atomic E-state index is 0.424. The van der Waals surface area contributed by atoms with Crippen LogP contribution in [0.4, 0.5) is 0 Å². The summed E-state index contributed by atoms with van der Waals surface area (Å²) in [5, 5.41) is 0. The highest BCUT2D eigenvalue weighted by Gasteiger charge is 2.53. The summed E-state index contributed by atoms with van der Waals surface area (Å²) in [6.07, 6.45) is 13.0. The molecule has 25 heavy (non-hydrogen) atoms. The average Bonchev–Trinajstić information content (AvgIpc) is 3.47. The predicted octanol–water partition coefficient (Wildman–Crippen LogP) is 4.72. The highest BCUT2D eigenvalue weighted by molar-refractivity contribution is 5.45. The SMILES string of the molecule is C=CCN1CC[C@@]23CCCC[C@@H]2[C@@H]1Cc1ccc(OCC2CC2)cc13. The van der Waals surface area contributed by atoms with Crippen LogP contribution in [0.5, 0.6) is 5.75 Å². The number of likely N-dealkylation sites (tertiary alicyclic amines) is 1. The summed E-state index contributed by atoms with van der Waals surface area (Å²) in [7, 11) is 0. The molecule has 2 bridgehead atoms. The maximum absolute atomic E-state index is 6.15. The van der Waals surface area contributed by atoms with E-state index in [9.17, 15) is 0 Å². The number of hydrogen-bond acceptors (Lipinski definition) is 2. The molecule has 0 N–H and O–H groups in total. The Morgan fingerprint density at radius 1 is 1.20 bits per heavy atom. The largest absolute Gasteiger partial charge is 0.493 e. The molecule has 2 saturated carbocycles. The second kappa shape index (κ2) is 6.16. The number of rotatable bonds is 5. The summed E-state index contributed by atoms with van der Waals surface area (Å²) < 4.78 is 6.15. The molecule has 5 rings (SSSR count). The molecule has 0 unspecified atom stereocenters. The summed E-state index contributed by atoms with van der Waals surface area (Å²) in [4.78, 5) is 2.71. The minimum atomic E-state index is 0.424. The quantitative estimate of drug-likeness (QED) is 0.721. The van der Waals surface area contributed by atoms with Crippen molar-refractivity contribution in [1.29, 1.82) is 0 Å². The first-order chi connectivity index (χ1) is 12.3. The van der Waals surface area contributed by atoms with Gasteiger partial charge in [0.2, 0.25) is 0 Å². The van der Waals surface area contributed by atoms with E-state index >= 15 is 0 Å². The number of fused-ring (bicyclic) bond motifs is 1. The van der Waals surface area contributed by atoms with Crippen LogP contribution in [0.3, 0.4) is 0 Å². The van der Waals surface area contributed by atoms with Crippen LogP contribution in [0.25, 0.3) is 0 Å². The van der Waals surface area contributed by atoms with Crippen LogP contribution in [-0.2, 0) is 11.8 Å². The van der Waals surface area contributed by atoms with Crippen molar-refractivity contribution in [2.24, 2.45) is 11.8 Å². The summed E-state index contributed by atoms with van der Waals surface area (Å²) in [6, 6.07) is 7.77. The Morgan fingerprint density at radius 2 is 2.12 bits per heavy atom. The highest BCUT2D eigenvalue weighted by atomic mass is 16.5. The molecule has 2 nitrogen and oxygen atoms in total. The molecule has 1 saturated heterocycles. The normalized spacial score (nSPS) is 34.1. The first-order valence-electron chi connectivity index (χ1n) is 10.4. The van der Waals surface area contributed by atoms with Gasteiger partial charge in [-0.25, -0.2) is 0 Å². The van der Waals surface area contributed by atoms with Crippen LogP contribution in [-0.4, -0.2) is 30.6 Å². The van der Waals surface area contributed by atoms with E-state index in [1.165, 1.54) is 57.9 Å². The number of benzene rings is 1. The van der Waals surface area contributed by atoms with E-state index in [0.29, 0.717) is 5.41 Å². The predicted molar refractivity (Wildman–Crippen MR) is 102 cm³/mol. The zero-order chi connectivity index (χ0) is 16.9. The molecular weight excluding hydrogens is 306 g/mol. The number of piperidine rings is 1. The molecule has 1 aromatic rings. The van der Waals surface area contributed by atoms with Gasteiger partial charge in [0, 0.05) is 18.0 Å². The Kier molecular flexibility index (Phi) is 3.93. The van der Waals surface area contributed by atoms with Crippen molar-refractivity contribution in [1.82, 2.24) is 4.90 Å². The molecule has 3 atom stereocenters. The van der Waals surface area contributed by atoms with Crippen LogP contribution in [0.2, 0.25) is 0 Å². The summed E-state index contributed by atoms with van der Waals surface area (Å²) in [5.41, 5.74) is 3.67. The first kappa shape index (κ1) is 15.9. The zero-order valence-corrected chi connectivity index (χ0v) is 15.4. The van der Waals surface area contributed by atoms with Crippen molar-refractivity contribution >= 4 is 0 Å². The Balaban J connectivity index is 1.50. The van der Waals surface area contributed by atoms with E-state index < -0.39 is 0 Å². The molecule has 4 aliphatic rings. The van der Waals surface area contributed by atoms with Gasteiger partial charge in [0.05, 0.1) is 6.61 Å². The molecule has 0 aromatic heterocycles. The molecule has 3 aliphatic carbocycles. The van der Waals surface area contributed by atoms with Crippen molar-refractivity contribution in [2.75, 3.05) is 19.7 Å². The standard InChI is InChI=1S/C23H31NO/c1-2-12-24-13-11-23-10-4-3-5-20(23)22(24)14-18-8-9-19(15-21(18)23)25-16-17-6-7-17/h2,8-9,15,17,20,22H,1,3-7,10-14,16H2/t20-,22+,23+/m1/s1. The third-order valence-electron chi connectivity index (χ3n) is 7.47. The lowest BCUT2D eigenvalue weighted by Gasteiger charge is -2.59. The molecule has 2 heteroatoms. The van der Waals surface area contributed by atoms with Gasteiger partial charge in [-0.1, -0.05) is 25.0 Å².